The minimum atomic E-state index is -0.0996. The van der Waals surface area contributed by atoms with E-state index in [1.54, 1.807) is 23.0 Å². The molecule has 1 aliphatic rings. The van der Waals surface area contributed by atoms with Gasteiger partial charge in [-0.05, 0) is 36.6 Å². The molecule has 0 spiro atoms. The van der Waals surface area contributed by atoms with Crippen molar-refractivity contribution in [2.45, 2.75) is 62.7 Å². The lowest BCUT2D eigenvalue weighted by Gasteiger charge is -2.21. The van der Waals surface area contributed by atoms with Crippen LogP contribution in [-0.4, -0.2) is 32.2 Å². The van der Waals surface area contributed by atoms with Gasteiger partial charge in [-0.15, -0.1) is 0 Å². The molecule has 1 aliphatic carbocycles. The van der Waals surface area contributed by atoms with Crippen molar-refractivity contribution in [3.05, 3.63) is 64.7 Å². The maximum atomic E-state index is 13.2. The van der Waals surface area contributed by atoms with Crippen LogP contribution in [-0.2, 0) is 11.3 Å². The largest absolute Gasteiger partial charge is 0.353 e. The van der Waals surface area contributed by atoms with Gasteiger partial charge in [0.25, 0.3) is 5.56 Å². The average molecular weight is 437 g/mol. The lowest BCUT2D eigenvalue weighted by molar-refractivity contribution is -0.119. The van der Waals surface area contributed by atoms with Crippen LogP contribution in [0, 0.1) is 0 Å². The standard InChI is InChI=1S/C24H28N4O2S/c29-22(26-19-10-4-2-1-3-5-11-19)17-31-24-27-21-13-7-6-12-20(21)23(30)28(24)16-18-9-8-14-25-15-18/h6-9,12-15,19H,1-5,10-11,16-17H2,(H,26,29). The molecule has 2 heterocycles. The molecule has 0 radical (unpaired) electrons. The Morgan fingerprint density at radius 1 is 1.06 bits per heavy atom. The molecular formula is C24H28N4O2S. The van der Waals surface area contributed by atoms with Crippen molar-refractivity contribution in [1.29, 1.82) is 0 Å². The Labute approximate surface area is 186 Å². The minimum absolute atomic E-state index is 0.00547. The number of pyridine rings is 1. The van der Waals surface area contributed by atoms with Crippen LogP contribution in [0.15, 0.2) is 58.7 Å². The van der Waals surface area contributed by atoms with Gasteiger partial charge in [0.15, 0.2) is 5.16 Å². The van der Waals surface area contributed by atoms with Crippen LogP contribution >= 0.6 is 11.8 Å². The quantitative estimate of drug-likeness (QED) is 0.464. The van der Waals surface area contributed by atoms with Crippen LogP contribution in [0.3, 0.4) is 0 Å². The molecule has 0 bridgehead atoms. The summed E-state index contributed by atoms with van der Waals surface area (Å²) >= 11 is 1.32. The number of aromatic nitrogens is 3. The van der Waals surface area contributed by atoms with E-state index in [1.807, 2.05) is 30.3 Å². The van der Waals surface area contributed by atoms with Gasteiger partial charge in [-0.25, -0.2) is 4.98 Å². The summed E-state index contributed by atoms with van der Waals surface area (Å²) in [7, 11) is 0. The van der Waals surface area contributed by atoms with Gasteiger partial charge in [0.1, 0.15) is 0 Å². The maximum Gasteiger partial charge on any atom is 0.262 e. The number of para-hydroxylation sites is 1. The third-order valence-electron chi connectivity index (χ3n) is 5.69. The van der Waals surface area contributed by atoms with Crippen molar-refractivity contribution < 1.29 is 4.79 Å². The number of benzene rings is 1. The monoisotopic (exact) mass is 436 g/mol. The predicted molar refractivity (Wildman–Crippen MR) is 124 cm³/mol. The first-order chi connectivity index (χ1) is 15.2. The first-order valence-electron chi connectivity index (χ1n) is 11.0. The molecule has 31 heavy (non-hydrogen) atoms. The Morgan fingerprint density at radius 2 is 1.84 bits per heavy atom. The molecule has 0 atom stereocenters. The van der Waals surface area contributed by atoms with E-state index in [9.17, 15) is 9.59 Å². The fourth-order valence-corrected chi connectivity index (χ4v) is 4.88. The fourth-order valence-electron chi connectivity index (χ4n) is 4.07. The van der Waals surface area contributed by atoms with E-state index in [-0.39, 0.29) is 23.3 Å². The Kier molecular flexibility index (Phi) is 7.35. The van der Waals surface area contributed by atoms with Crippen molar-refractivity contribution >= 4 is 28.6 Å². The molecule has 4 rings (SSSR count). The third kappa shape index (κ3) is 5.73. The lowest BCUT2D eigenvalue weighted by Crippen LogP contribution is -2.36. The molecule has 0 aliphatic heterocycles. The zero-order valence-corrected chi connectivity index (χ0v) is 18.4. The summed E-state index contributed by atoms with van der Waals surface area (Å²) in [5, 5.41) is 4.33. The Morgan fingerprint density at radius 3 is 2.61 bits per heavy atom. The van der Waals surface area contributed by atoms with Gasteiger partial charge in [0.05, 0.1) is 23.2 Å². The van der Waals surface area contributed by atoms with Crippen LogP contribution in [0.1, 0.15) is 50.5 Å². The number of carbonyl (C=O) groups is 1. The molecule has 2 aromatic heterocycles. The van der Waals surface area contributed by atoms with Crippen LogP contribution in [0.2, 0.25) is 0 Å². The van der Waals surface area contributed by atoms with Gasteiger partial charge in [-0.2, -0.15) is 0 Å². The van der Waals surface area contributed by atoms with Gasteiger partial charge in [0, 0.05) is 18.4 Å². The van der Waals surface area contributed by atoms with Crippen LogP contribution < -0.4 is 10.9 Å². The highest BCUT2D eigenvalue weighted by atomic mass is 32.2. The van der Waals surface area contributed by atoms with Crippen molar-refractivity contribution in [1.82, 2.24) is 19.9 Å². The zero-order valence-electron chi connectivity index (χ0n) is 17.6. The molecule has 7 heteroatoms. The number of carbonyl (C=O) groups excluding carboxylic acids is 1. The fraction of sp³-hybridized carbons (Fsp3) is 0.417. The maximum absolute atomic E-state index is 13.2. The lowest BCUT2D eigenvalue weighted by atomic mass is 9.97. The molecule has 0 saturated heterocycles. The number of amides is 1. The van der Waals surface area contributed by atoms with Crippen LogP contribution in [0.5, 0.6) is 0 Å². The summed E-state index contributed by atoms with van der Waals surface area (Å²) in [6.07, 6.45) is 11.7. The molecular weight excluding hydrogens is 408 g/mol. The van der Waals surface area contributed by atoms with E-state index >= 15 is 0 Å². The second-order valence-corrected chi connectivity index (χ2v) is 9.00. The smallest absolute Gasteiger partial charge is 0.262 e. The van der Waals surface area contributed by atoms with Crippen molar-refractivity contribution in [2.75, 3.05) is 5.75 Å². The van der Waals surface area contributed by atoms with Gasteiger partial charge < -0.3 is 5.32 Å². The van der Waals surface area contributed by atoms with Crippen LogP contribution in [0.25, 0.3) is 10.9 Å². The summed E-state index contributed by atoms with van der Waals surface area (Å²) in [6.45, 7) is 0.372. The Hall–Kier alpha value is -2.67. The first kappa shape index (κ1) is 21.6. The number of nitrogens with zero attached hydrogens (tertiary/aromatic N) is 3. The third-order valence-corrected chi connectivity index (χ3v) is 6.67. The summed E-state index contributed by atoms with van der Waals surface area (Å²) < 4.78 is 1.65. The van der Waals surface area contributed by atoms with Gasteiger partial charge >= 0.3 is 0 Å². The van der Waals surface area contributed by atoms with Gasteiger partial charge in [-0.3, -0.25) is 19.1 Å². The van der Waals surface area contributed by atoms with E-state index < -0.39 is 0 Å². The highest BCUT2D eigenvalue weighted by Gasteiger charge is 2.17. The highest BCUT2D eigenvalue weighted by Crippen LogP contribution is 2.20. The SMILES string of the molecule is O=C(CSc1nc2ccccc2c(=O)n1Cc1cccnc1)NC1CCCCCCC1. The van der Waals surface area contributed by atoms with E-state index in [0.717, 1.165) is 18.4 Å². The average Bonchev–Trinajstić information content (AvgIpc) is 2.77. The zero-order chi connectivity index (χ0) is 21.5. The number of rotatable bonds is 6. The van der Waals surface area contributed by atoms with Crippen molar-refractivity contribution in [2.24, 2.45) is 0 Å². The van der Waals surface area contributed by atoms with Crippen LogP contribution in [0.4, 0.5) is 0 Å². The Bertz CT molecular complexity index is 1080. The molecule has 6 nitrogen and oxygen atoms in total. The summed E-state index contributed by atoms with van der Waals surface area (Å²) in [5.41, 5.74) is 1.47. The number of thioether (sulfide) groups is 1. The second-order valence-electron chi connectivity index (χ2n) is 8.06. The minimum Gasteiger partial charge on any atom is -0.353 e. The molecule has 0 unspecified atom stereocenters. The summed E-state index contributed by atoms with van der Waals surface area (Å²) in [4.78, 5) is 34.7. The molecule has 1 aromatic carbocycles. The molecule has 3 aromatic rings. The summed E-state index contributed by atoms with van der Waals surface area (Å²) in [5.74, 6) is 0.250. The molecule has 1 N–H and O–H groups in total. The second kappa shape index (κ2) is 10.6. The first-order valence-corrected chi connectivity index (χ1v) is 12.0. The van der Waals surface area contributed by atoms with Gasteiger partial charge in [0.2, 0.25) is 5.91 Å². The number of fused-ring (bicyclic) bond motifs is 1. The van der Waals surface area contributed by atoms with E-state index in [0.29, 0.717) is 22.6 Å². The van der Waals surface area contributed by atoms with Crippen molar-refractivity contribution in [3.8, 4) is 0 Å². The number of hydrogen-bond acceptors (Lipinski definition) is 5. The molecule has 1 fully saturated rings. The number of nitrogens with one attached hydrogen (secondary N) is 1. The molecule has 1 saturated carbocycles. The Balaban J connectivity index is 1.52. The summed E-state index contributed by atoms with van der Waals surface area (Å²) in [6, 6.07) is 11.4. The number of hydrogen-bond donors (Lipinski definition) is 1. The van der Waals surface area contributed by atoms with E-state index in [1.165, 1.54) is 43.9 Å². The topological polar surface area (TPSA) is 76.9 Å². The molecule has 1 amide bonds. The van der Waals surface area contributed by atoms with Crippen molar-refractivity contribution in [3.63, 3.8) is 0 Å². The van der Waals surface area contributed by atoms with E-state index in [2.05, 4.69) is 10.3 Å². The predicted octanol–water partition coefficient (Wildman–Crippen LogP) is 4.16. The highest BCUT2D eigenvalue weighted by molar-refractivity contribution is 7.99. The molecule has 162 valence electrons. The van der Waals surface area contributed by atoms with Gasteiger partial charge in [-0.1, -0.05) is 62.1 Å². The van der Waals surface area contributed by atoms with E-state index in [4.69, 9.17) is 4.98 Å². The normalized spacial score (nSPS) is 15.4.